The van der Waals surface area contributed by atoms with Gasteiger partial charge in [0.1, 0.15) is 11.6 Å². The molecule has 0 bridgehead atoms. The molecule has 1 aromatic rings. The zero-order valence-electron chi connectivity index (χ0n) is 15.3. The van der Waals surface area contributed by atoms with Gasteiger partial charge in [-0.1, -0.05) is 0 Å². The van der Waals surface area contributed by atoms with Gasteiger partial charge in [-0.2, -0.15) is 4.31 Å². The van der Waals surface area contributed by atoms with Crippen molar-refractivity contribution in [3.63, 3.8) is 0 Å². The molecular formula is C18H22F2N2O5S. The molecular weight excluding hydrogens is 394 g/mol. The van der Waals surface area contributed by atoms with Crippen molar-refractivity contribution < 1.29 is 31.5 Å². The van der Waals surface area contributed by atoms with Gasteiger partial charge in [0.15, 0.2) is 0 Å². The van der Waals surface area contributed by atoms with Crippen LogP contribution in [0.15, 0.2) is 23.1 Å². The summed E-state index contributed by atoms with van der Waals surface area (Å²) in [5.74, 6) is -1.78. The van der Waals surface area contributed by atoms with Crippen molar-refractivity contribution in [2.75, 3.05) is 46.0 Å². The Labute approximate surface area is 162 Å². The standard InChI is InChI=1S/C18H22F2N2O5S/c19-14-6-15(20)8-16(7-14)28(24,25)22-11-18(12-22)9-13(10-27-18)5-17(23)21-1-3-26-4-2-21/h6-8,13H,1-5,9-12H2. The molecule has 3 heterocycles. The van der Waals surface area contributed by atoms with Crippen LogP contribution in [0.2, 0.25) is 0 Å². The third kappa shape index (κ3) is 3.78. The molecule has 4 rings (SSSR count). The number of sulfonamides is 1. The number of carbonyl (C=O) groups excluding carboxylic acids is 1. The molecule has 3 saturated heterocycles. The van der Waals surface area contributed by atoms with Gasteiger partial charge in [0.2, 0.25) is 15.9 Å². The van der Waals surface area contributed by atoms with Crippen LogP contribution in [0.4, 0.5) is 8.78 Å². The minimum absolute atomic E-state index is 0.0341. The highest BCUT2D eigenvalue weighted by Crippen LogP contribution is 2.41. The Kier molecular flexibility index (Phi) is 5.15. The number of morpholine rings is 1. The van der Waals surface area contributed by atoms with E-state index in [0.29, 0.717) is 51.8 Å². The van der Waals surface area contributed by atoms with Crippen LogP contribution in [-0.4, -0.2) is 75.1 Å². The van der Waals surface area contributed by atoms with Crippen LogP contribution in [0.25, 0.3) is 0 Å². The smallest absolute Gasteiger partial charge is 0.243 e. The van der Waals surface area contributed by atoms with Crippen LogP contribution in [0.5, 0.6) is 0 Å². The van der Waals surface area contributed by atoms with Crippen molar-refractivity contribution in [1.82, 2.24) is 9.21 Å². The van der Waals surface area contributed by atoms with Gasteiger partial charge in [-0.25, -0.2) is 17.2 Å². The second-order valence-electron chi connectivity index (χ2n) is 7.64. The van der Waals surface area contributed by atoms with Gasteiger partial charge in [-0.05, 0) is 24.5 Å². The fourth-order valence-electron chi connectivity index (χ4n) is 4.07. The van der Waals surface area contributed by atoms with Gasteiger partial charge >= 0.3 is 0 Å². The second kappa shape index (κ2) is 7.33. The van der Waals surface area contributed by atoms with Crippen molar-refractivity contribution in [1.29, 1.82) is 0 Å². The molecule has 3 aliphatic heterocycles. The van der Waals surface area contributed by atoms with E-state index in [1.165, 1.54) is 0 Å². The third-order valence-corrected chi connectivity index (χ3v) is 7.29. The van der Waals surface area contributed by atoms with Gasteiger partial charge in [0.25, 0.3) is 0 Å². The van der Waals surface area contributed by atoms with Crippen molar-refractivity contribution in [2.45, 2.75) is 23.3 Å². The fraction of sp³-hybridized carbons (Fsp3) is 0.611. The zero-order valence-corrected chi connectivity index (χ0v) is 16.1. The SMILES string of the molecule is O=C(CC1COC2(C1)CN(S(=O)(=O)c1cc(F)cc(F)c1)C2)N1CCOCC1. The van der Waals surface area contributed by atoms with Gasteiger partial charge in [-0.15, -0.1) is 0 Å². The number of ether oxygens (including phenoxy) is 2. The molecule has 1 unspecified atom stereocenters. The fourth-order valence-corrected chi connectivity index (χ4v) is 5.70. The van der Waals surface area contributed by atoms with Crippen LogP contribution >= 0.6 is 0 Å². The summed E-state index contributed by atoms with van der Waals surface area (Å²) < 4.78 is 64.2. The largest absolute Gasteiger partial charge is 0.378 e. The molecule has 1 amide bonds. The van der Waals surface area contributed by atoms with Crippen molar-refractivity contribution >= 4 is 15.9 Å². The topological polar surface area (TPSA) is 76.2 Å². The lowest BCUT2D eigenvalue weighted by Gasteiger charge is -2.46. The molecule has 0 N–H and O–H groups in total. The van der Waals surface area contributed by atoms with E-state index in [1.807, 2.05) is 0 Å². The maximum absolute atomic E-state index is 13.4. The molecule has 0 saturated carbocycles. The lowest BCUT2D eigenvalue weighted by atomic mass is 9.87. The van der Waals surface area contributed by atoms with Crippen LogP contribution < -0.4 is 0 Å². The van der Waals surface area contributed by atoms with Crippen molar-refractivity contribution in [3.8, 4) is 0 Å². The van der Waals surface area contributed by atoms with E-state index in [9.17, 15) is 22.0 Å². The summed E-state index contributed by atoms with van der Waals surface area (Å²) in [4.78, 5) is 13.8. The lowest BCUT2D eigenvalue weighted by molar-refractivity contribution is -0.136. The number of hydrogen-bond acceptors (Lipinski definition) is 5. The monoisotopic (exact) mass is 416 g/mol. The van der Waals surface area contributed by atoms with E-state index in [0.717, 1.165) is 16.4 Å². The molecule has 0 radical (unpaired) electrons. The molecule has 3 fully saturated rings. The summed E-state index contributed by atoms with van der Waals surface area (Å²) in [7, 11) is -3.98. The Morgan fingerprint density at radius 1 is 1.14 bits per heavy atom. The molecule has 28 heavy (non-hydrogen) atoms. The second-order valence-corrected chi connectivity index (χ2v) is 9.58. The molecule has 1 aromatic carbocycles. The average Bonchev–Trinajstić information content (AvgIpc) is 3.05. The first-order valence-electron chi connectivity index (χ1n) is 9.23. The minimum atomic E-state index is -3.98. The van der Waals surface area contributed by atoms with Crippen molar-refractivity contribution in [2.24, 2.45) is 5.92 Å². The van der Waals surface area contributed by atoms with E-state index >= 15 is 0 Å². The minimum Gasteiger partial charge on any atom is -0.378 e. The Balaban J connectivity index is 1.35. The Bertz CT molecular complexity index is 846. The van der Waals surface area contributed by atoms with Crippen LogP contribution in [0.3, 0.4) is 0 Å². The predicted molar refractivity (Wildman–Crippen MR) is 93.9 cm³/mol. The van der Waals surface area contributed by atoms with E-state index < -0.39 is 32.2 Å². The van der Waals surface area contributed by atoms with Gasteiger partial charge < -0.3 is 14.4 Å². The Morgan fingerprint density at radius 3 is 2.43 bits per heavy atom. The summed E-state index contributed by atoms with van der Waals surface area (Å²) in [5.41, 5.74) is -0.616. The summed E-state index contributed by atoms with van der Waals surface area (Å²) in [6.07, 6.45) is 0.955. The Morgan fingerprint density at radius 2 is 1.79 bits per heavy atom. The van der Waals surface area contributed by atoms with Gasteiger partial charge in [0, 0.05) is 38.7 Å². The number of rotatable bonds is 4. The summed E-state index contributed by atoms with van der Waals surface area (Å²) >= 11 is 0. The predicted octanol–water partition coefficient (Wildman–Crippen LogP) is 0.993. The normalized spacial score (nSPS) is 25.1. The highest BCUT2D eigenvalue weighted by Gasteiger charge is 2.53. The molecule has 10 heteroatoms. The summed E-state index contributed by atoms with van der Waals surface area (Å²) in [5, 5.41) is 0. The molecule has 154 valence electrons. The number of amides is 1. The summed E-state index contributed by atoms with van der Waals surface area (Å²) in [6.45, 7) is 2.92. The number of benzene rings is 1. The average molecular weight is 416 g/mol. The van der Waals surface area contributed by atoms with Crippen LogP contribution in [0.1, 0.15) is 12.8 Å². The molecule has 7 nitrogen and oxygen atoms in total. The molecule has 0 aliphatic carbocycles. The first-order valence-corrected chi connectivity index (χ1v) is 10.7. The lowest BCUT2D eigenvalue weighted by Crippen LogP contribution is -2.63. The highest BCUT2D eigenvalue weighted by molar-refractivity contribution is 7.89. The first kappa shape index (κ1) is 19.7. The summed E-state index contributed by atoms with van der Waals surface area (Å²) in [6, 6.07) is 2.25. The maximum atomic E-state index is 13.4. The third-order valence-electron chi connectivity index (χ3n) is 5.52. The molecule has 1 spiro atoms. The van der Waals surface area contributed by atoms with E-state index in [1.54, 1.807) is 4.90 Å². The number of carbonyl (C=O) groups is 1. The van der Waals surface area contributed by atoms with E-state index in [2.05, 4.69) is 0 Å². The van der Waals surface area contributed by atoms with Crippen molar-refractivity contribution in [3.05, 3.63) is 29.8 Å². The molecule has 1 atom stereocenters. The maximum Gasteiger partial charge on any atom is 0.243 e. The molecule has 0 aromatic heterocycles. The number of halogens is 2. The van der Waals surface area contributed by atoms with Crippen LogP contribution in [-0.2, 0) is 24.3 Å². The van der Waals surface area contributed by atoms with Gasteiger partial charge in [-0.3, -0.25) is 4.79 Å². The van der Waals surface area contributed by atoms with Crippen LogP contribution in [0, 0.1) is 17.6 Å². The van der Waals surface area contributed by atoms with E-state index in [4.69, 9.17) is 9.47 Å². The first-order chi connectivity index (χ1) is 13.3. The number of hydrogen-bond donors (Lipinski definition) is 0. The Hall–Kier alpha value is -1.62. The number of nitrogens with zero attached hydrogens (tertiary/aromatic N) is 2. The zero-order chi connectivity index (χ0) is 19.9. The highest BCUT2D eigenvalue weighted by atomic mass is 32.2. The quantitative estimate of drug-likeness (QED) is 0.732. The molecule has 3 aliphatic rings. The van der Waals surface area contributed by atoms with Gasteiger partial charge in [0.05, 0.1) is 30.3 Å². The van der Waals surface area contributed by atoms with E-state index in [-0.39, 0.29) is 24.9 Å².